The molecule has 4 aromatic carbocycles. The Morgan fingerprint density at radius 1 is 0.577 bits per heavy atom. The van der Waals surface area contributed by atoms with Crippen LogP contribution in [-0.2, 0) is 57.4 Å². The molecule has 0 bridgehead atoms. The fraction of sp³-hybridized carbons (Fsp3) is 0.583. The van der Waals surface area contributed by atoms with Crippen LogP contribution < -0.4 is 4.74 Å². The third kappa shape index (κ3) is 21.2. The number of carbonyl (C=O) groups is 1. The van der Waals surface area contributed by atoms with Crippen LogP contribution in [0.15, 0.2) is 115 Å². The van der Waals surface area contributed by atoms with Crippen LogP contribution in [0.25, 0.3) is 0 Å². The molecule has 4 aromatic rings. The second-order valence-electron chi connectivity index (χ2n) is 20.7. The van der Waals surface area contributed by atoms with Crippen molar-refractivity contribution in [3.8, 4) is 5.75 Å². The van der Waals surface area contributed by atoms with Crippen molar-refractivity contribution >= 4 is 14.3 Å². The van der Waals surface area contributed by atoms with Gasteiger partial charge in [0.1, 0.15) is 24.1 Å². The molecule has 392 valence electrons. The lowest BCUT2D eigenvalue weighted by Gasteiger charge is -2.46. The Bertz CT molecular complexity index is 1980. The third-order valence-electron chi connectivity index (χ3n) is 13.8. The number of ether oxygens (including phenoxy) is 8. The molecule has 1 fully saturated rings. The zero-order chi connectivity index (χ0) is 50.6. The van der Waals surface area contributed by atoms with Gasteiger partial charge in [0.2, 0.25) is 0 Å². The molecule has 0 amide bonds. The normalized spacial score (nSPS) is 18.8. The fourth-order valence-electron chi connectivity index (χ4n) is 8.50. The van der Waals surface area contributed by atoms with Gasteiger partial charge >= 0.3 is 5.97 Å². The van der Waals surface area contributed by atoms with E-state index in [1.165, 1.54) is 77.0 Å². The lowest BCUT2D eigenvalue weighted by atomic mass is 9.97. The van der Waals surface area contributed by atoms with E-state index in [1.807, 2.05) is 103 Å². The predicted octanol–water partition coefficient (Wildman–Crippen LogP) is 14.2. The maximum Gasteiger partial charge on any atom is 0.338 e. The van der Waals surface area contributed by atoms with Crippen molar-refractivity contribution in [2.24, 2.45) is 0 Å². The van der Waals surface area contributed by atoms with E-state index in [2.05, 4.69) is 40.8 Å². The Kier molecular flexibility index (Phi) is 26.4. The summed E-state index contributed by atoms with van der Waals surface area (Å²) in [5.74, 6) is 0.206. The van der Waals surface area contributed by atoms with Gasteiger partial charge in [-0.3, -0.25) is 0 Å². The fourth-order valence-corrected chi connectivity index (χ4v) is 9.83. The molecule has 0 aromatic heterocycles. The highest BCUT2D eigenvalue weighted by Crippen LogP contribution is 2.38. The van der Waals surface area contributed by atoms with Crippen molar-refractivity contribution in [2.45, 2.75) is 192 Å². The molecule has 0 saturated carbocycles. The highest BCUT2D eigenvalue weighted by molar-refractivity contribution is 6.74. The smallest absolute Gasteiger partial charge is 0.338 e. The standard InChI is InChI=1S/C60H88O10Si/c1-8-9-10-11-12-13-14-15-16-17-18-19-20-30-41-63-45-53(70-71(6,7)60(2,3)4)46-67-59-57(69-58(61)51-35-28-23-29-36-51)56(66-44-50-37-39-52(62-5)40-38-50)55(65-43-49-33-26-22-27-34-49)54(68-59)47-64-42-48-31-24-21-25-32-48/h21-29,31-40,53-57,59H,8-20,30,41-47H2,1-7H3/t53-,54-,55+,56+,57-,59-/m1/s1. The summed E-state index contributed by atoms with van der Waals surface area (Å²) in [5.41, 5.74) is 3.30. The number of carbonyl (C=O) groups excluding carboxylic acids is 1. The minimum atomic E-state index is -2.30. The summed E-state index contributed by atoms with van der Waals surface area (Å²) in [6.07, 6.45) is 13.5. The van der Waals surface area contributed by atoms with Crippen molar-refractivity contribution in [2.75, 3.05) is 33.5 Å². The summed E-state index contributed by atoms with van der Waals surface area (Å²) in [7, 11) is -0.659. The second kappa shape index (κ2) is 32.3. The highest BCUT2D eigenvalue weighted by Gasteiger charge is 2.51. The van der Waals surface area contributed by atoms with Gasteiger partial charge in [-0.25, -0.2) is 4.79 Å². The second-order valence-corrected chi connectivity index (χ2v) is 25.4. The average molecular weight is 997 g/mol. The van der Waals surface area contributed by atoms with E-state index in [-0.39, 0.29) is 31.5 Å². The largest absolute Gasteiger partial charge is 0.497 e. The Morgan fingerprint density at radius 3 is 1.63 bits per heavy atom. The first-order valence-electron chi connectivity index (χ1n) is 26.8. The van der Waals surface area contributed by atoms with Gasteiger partial charge in [-0.1, -0.05) is 202 Å². The number of hydrogen-bond donors (Lipinski definition) is 0. The zero-order valence-corrected chi connectivity index (χ0v) is 45.4. The van der Waals surface area contributed by atoms with Crippen LogP contribution >= 0.6 is 0 Å². The molecule has 10 nitrogen and oxygen atoms in total. The summed E-state index contributed by atoms with van der Waals surface area (Å²) in [5, 5.41) is -0.0557. The first-order chi connectivity index (χ1) is 34.5. The molecule has 0 unspecified atom stereocenters. The van der Waals surface area contributed by atoms with Crippen molar-refractivity contribution in [1.29, 1.82) is 0 Å². The molecule has 6 atom stereocenters. The van der Waals surface area contributed by atoms with Gasteiger partial charge < -0.3 is 42.3 Å². The van der Waals surface area contributed by atoms with E-state index in [0.29, 0.717) is 25.4 Å². The molecule has 5 rings (SSSR count). The van der Waals surface area contributed by atoms with E-state index in [9.17, 15) is 4.79 Å². The van der Waals surface area contributed by atoms with Crippen LogP contribution in [0.4, 0.5) is 0 Å². The summed E-state index contributed by atoms with van der Waals surface area (Å²) in [6, 6.07) is 36.7. The number of unbranched alkanes of at least 4 members (excludes halogenated alkanes) is 13. The average Bonchev–Trinajstić information content (AvgIpc) is 3.37. The molecular formula is C60H88O10Si. The van der Waals surface area contributed by atoms with E-state index < -0.39 is 51.1 Å². The summed E-state index contributed by atoms with van der Waals surface area (Å²) < 4.78 is 59.3. The summed E-state index contributed by atoms with van der Waals surface area (Å²) in [6.45, 7) is 15.6. The summed E-state index contributed by atoms with van der Waals surface area (Å²) in [4.78, 5) is 14.2. The van der Waals surface area contributed by atoms with Gasteiger partial charge in [0.05, 0.1) is 58.4 Å². The molecule has 0 N–H and O–H groups in total. The molecule has 1 saturated heterocycles. The number of methoxy groups -OCH3 is 1. The maximum atomic E-state index is 14.2. The number of benzene rings is 4. The van der Waals surface area contributed by atoms with E-state index in [0.717, 1.165) is 35.3 Å². The number of esters is 1. The van der Waals surface area contributed by atoms with Crippen LogP contribution in [0.1, 0.15) is 145 Å². The first kappa shape index (κ1) is 58.0. The van der Waals surface area contributed by atoms with Gasteiger partial charge in [-0.2, -0.15) is 0 Å². The van der Waals surface area contributed by atoms with Crippen LogP contribution in [0.3, 0.4) is 0 Å². The van der Waals surface area contributed by atoms with Crippen LogP contribution in [0.2, 0.25) is 18.1 Å². The molecule has 0 radical (unpaired) electrons. The zero-order valence-electron chi connectivity index (χ0n) is 44.4. The third-order valence-corrected chi connectivity index (χ3v) is 18.3. The van der Waals surface area contributed by atoms with Crippen LogP contribution in [0, 0.1) is 0 Å². The maximum absolute atomic E-state index is 14.2. The van der Waals surface area contributed by atoms with Gasteiger partial charge in [0, 0.05) is 6.61 Å². The minimum absolute atomic E-state index is 0.0557. The minimum Gasteiger partial charge on any atom is -0.497 e. The van der Waals surface area contributed by atoms with Crippen LogP contribution in [0.5, 0.6) is 5.75 Å². The monoisotopic (exact) mass is 997 g/mol. The molecule has 0 aliphatic carbocycles. The molecular weight excluding hydrogens is 909 g/mol. The summed E-state index contributed by atoms with van der Waals surface area (Å²) >= 11 is 0. The van der Waals surface area contributed by atoms with Crippen molar-refractivity contribution in [3.63, 3.8) is 0 Å². The SMILES string of the molecule is CCCCCCCCCCCCCCCCOC[C@H](CO[C@@H]1O[C@H](COCc2ccccc2)[C@H](OCc2ccccc2)[C@H](OCc2ccc(OC)cc2)[C@H]1OC(=O)c1ccccc1)O[Si](C)(C)C(C)(C)C. The Morgan fingerprint density at radius 2 is 1.08 bits per heavy atom. The van der Waals surface area contributed by atoms with E-state index in [4.69, 9.17) is 42.3 Å². The Balaban J connectivity index is 1.33. The molecule has 71 heavy (non-hydrogen) atoms. The molecule has 1 heterocycles. The Hall–Kier alpha value is -3.91. The van der Waals surface area contributed by atoms with E-state index >= 15 is 0 Å². The van der Waals surface area contributed by atoms with Crippen molar-refractivity contribution in [3.05, 3.63) is 138 Å². The van der Waals surface area contributed by atoms with Gasteiger partial charge in [-0.15, -0.1) is 0 Å². The lowest BCUT2D eigenvalue weighted by Crippen LogP contribution is -2.62. The van der Waals surface area contributed by atoms with Crippen molar-refractivity contribution < 1.29 is 47.1 Å². The van der Waals surface area contributed by atoms with Crippen LogP contribution in [-0.4, -0.2) is 84.6 Å². The topological polar surface area (TPSA) is 100 Å². The molecule has 1 aliphatic rings. The number of hydrogen-bond acceptors (Lipinski definition) is 10. The quantitative estimate of drug-likeness (QED) is 0.0252. The van der Waals surface area contributed by atoms with Gasteiger partial charge in [0.25, 0.3) is 0 Å². The number of rotatable bonds is 35. The highest BCUT2D eigenvalue weighted by atomic mass is 28.4. The molecule has 11 heteroatoms. The van der Waals surface area contributed by atoms with Crippen molar-refractivity contribution in [1.82, 2.24) is 0 Å². The van der Waals surface area contributed by atoms with E-state index in [1.54, 1.807) is 19.2 Å². The van der Waals surface area contributed by atoms with Gasteiger partial charge in [0.15, 0.2) is 20.7 Å². The first-order valence-corrected chi connectivity index (χ1v) is 29.7. The molecule has 0 spiro atoms. The van der Waals surface area contributed by atoms with Gasteiger partial charge in [-0.05, 0) is 65.5 Å². The lowest BCUT2D eigenvalue weighted by molar-refractivity contribution is -0.320. The molecule has 1 aliphatic heterocycles. The Labute approximate surface area is 428 Å². The predicted molar refractivity (Wildman–Crippen MR) is 286 cm³/mol.